The number of carboxylic acids is 1. The highest BCUT2D eigenvalue weighted by molar-refractivity contribution is 6.35. The lowest BCUT2D eigenvalue weighted by atomic mass is 10.1. The Morgan fingerprint density at radius 1 is 1.14 bits per heavy atom. The lowest BCUT2D eigenvalue weighted by Gasteiger charge is -2.09. The number of amides is 1. The van der Waals surface area contributed by atoms with E-state index < -0.39 is 17.6 Å². The molecule has 21 heavy (non-hydrogen) atoms. The standard InChI is InChI=1S/C13H8Cl2N2O4/c14-7-4-5-9(15)17-10(7)12(19)16-8-3-1-2-6(11(8)18)13(20)21/h1-5,18H,(H,16,19)(H,20,21). The molecule has 108 valence electrons. The number of halogens is 2. The number of nitrogens with one attached hydrogen (secondary N) is 1. The van der Waals surface area contributed by atoms with E-state index >= 15 is 0 Å². The third-order valence-electron chi connectivity index (χ3n) is 2.54. The molecule has 0 spiro atoms. The highest BCUT2D eigenvalue weighted by Gasteiger charge is 2.18. The molecule has 1 heterocycles. The van der Waals surface area contributed by atoms with Crippen LogP contribution in [0.4, 0.5) is 5.69 Å². The third kappa shape index (κ3) is 3.24. The molecule has 0 saturated carbocycles. The summed E-state index contributed by atoms with van der Waals surface area (Å²) in [5.74, 6) is -2.60. The summed E-state index contributed by atoms with van der Waals surface area (Å²) in [7, 11) is 0. The van der Waals surface area contributed by atoms with E-state index in [4.69, 9.17) is 28.3 Å². The summed E-state index contributed by atoms with van der Waals surface area (Å²) in [4.78, 5) is 26.7. The van der Waals surface area contributed by atoms with Crippen molar-refractivity contribution in [3.8, 4) is 5.75 Å². The first-order valence-electron chi connectivity index (χ1n) is 5.59. The van der Waals surface area contributed by atoms with Crippen molar-refractivity contribution >= 4 is 40.8 Å². The molecule has 0 fully saturated rings. The topological polar surface area (TPSA) is 99.5 Å². The van der Waals surface area contributed by atoms with Gasteiger partial charge in [0.1, 0.15) is 16.4 Å². The number of hydrogen-bond acceptors (Lipinski definition) is 4. The number of benzene rings is 1. The van der Waals surface area contributed by atoms with Gasteiger partial charge in [-0.3, -0.25) is 4.79 Å². The minimum atomic E-state index is -1.32. The zero-order chi connectivity index (χ0) is 15.6. The highest BCUT2D eigenvalue weighted by atomic mass is 35.5. The zero-order valence-corrected chi connectivity index (χ0v) is 11.8. The number of rotatable bonds is 3. The van der Waals surface area contributed by atoms with Gasteiger partial charge in [-0.1, -0.05) is 29.3 Å². The van der Waals surface area contributed by atoms with Crippen molar-refractivity contribution in [3.05, 3.63) is 51.8 Å². The Labute approximate surface area is 129 Å². The van der Waals surface area contributed by atoms with Gasteiger partial charge in [0.15, 0.2) is 5.75 Å². The van der Waals surface area contributed by atoms with Crippen LogP contribution >= 0.6 is 23.2 Å². The van der Waals surface area contributed by atoms with Crippen LogP contribution in [0.2, 0.25) is 10.2 Å². The zero-order valence-electron chi connectivity index (χ0n) is 10.3. The van der Waals surface area contributed by atoms with E-state index in [-0.39, 0.29) is 27.1 Å². The number of carbonyl (C=O) groups is 2. The maximum atomic E-state index is 12.0. The molecule has 2 aromatic rings. The molecule has 0 bridgehead atoms. The lowest BCUT2D eigenvalue weighted by molar-refractivity contribution is 0.0693. The van der Waals surface area contributed by atoms with Crippen molar-refractivity contribution in [2.75, 3.05) is 5.32 Å². The number of hydrogen-bond donors (Lipinski definition) is 3. The molecule has 1 aromatic heterocycles. The normalized spacial score (nSPS) is 10.2. The number of pyridine rings is 1. The Hall–Kier alpha value is -2.31. The third-order valence-corrected chi connectivity index (χ3v) is 3.06. The molecular formula is C13H8Cl2N2O4. The highest BCUT2D eigenvalue weighted by Crippen LogP contribution is 2.28. The second-order valence-electron chi connectivity index (χ2n) is 3.93. The summed E-state index contributed by atoms with van der Waals surface area (Å²) in [6.07, 6.45) is 0. The van der Waals surface area contributed by atoms with Gasteiger partial charge < -0.3 is 15.5 Å². The van der Waals surface area contributed by atoms with E-state index in [0.717, 1.165) is 0 Å². The number of aromatic nitrogens is 1. The summed E-state index contributed by atoms with van der Waals surface area (Å²) in [5, 5.41) is 21.2. The maximum absolute atomic E-state index is 12.0. The molecule has 0 unspecified atom stereocenters. The van der Waals surface area contributed by atoms with Crippen LogP contribution in [0.15, 0.2) is 30.3 Å². The van der Waals surface area contributed by atoms with Crippen molar-refractivity contribution in [3.63, 3.8) is 0 Å². The van der Waals surface area contributed by atoms with Gasteiger partial charge in [-0.05, 0) is 24.3 Å². The fraction of sp³-hybridized carbons (Fsp3) is 0. The van der Waals surface area contributed by atoms with Crippen molar-refractivity contribution in [1.82, 2.24) is 4.98 Å². The minimum Gasteiger partial charge on any atom is -0.505 e. The van der Waals surface area contributed by atoms with Gasteiger partial charge >= 0.3 is 5.97 Å². The average Bonchev–Trinajstić information content (AvgIpc) is 2.43. The Bertz CT molecular complexity index is 734. The smallest absolute Gasteiger partial charge is 0.339 e. The van der Waals surface area contributed by atoms with E-state index in [1.807, 2.05) is 0 Å². The van der Waals surface area contributed by atoms with Crippen LogP contribution in [0.25, 0.3) is 0 Å². The number of anilines is 1. The molecule has 2 rings (SSSR count). The van der Waals surface area contributed by atoms with E-state index in [1.165, 1.54) is 30.3 Å². The molecule has 0 aliphatic heterocycles. The number of aromatic hydroxyl groups is 1. The summed E-state index contributed by atoms with van der Waals surface area (Å²) in [6.45, 7) is 0. The number of phenols is 1. The molecule has 0 aliphatic rings. The predicted octanol–water partition coefficient (Wildman–Crippen LogP) is 3.04. The fourth-order valence-corrected chi connectivity index (χ4v) is 1.91. The van der Waals surface area contributed by atoms with Crippen LogP contribution in [0, 0.1) is 0 Å². The second kappa shape index (κ2) is 5.99. The van der Waals surface area contributed by atoms with E-state index in [0.29, 0.717) is 0 Å². The van der Waals surface area contributed by atoms with Crippen LogP contribution in [0.1, 0.15) is 20.8 Å². The summed E-state index contributed by atoms with van der Waals surface area (Å²) in [5.41, 5.74) is -0.542. The van der Waals surface area contributed by atoms with Crippen molar-refractivity contribution in [2.45, 2.75) is 0 Å². The number of carboxylic acid groups (broad SMARTS) is 1. The Balaban J connectivity index is 2.34. The van der Waals surface area contributed by atoms with Gasteiger partial charge in [0.2, 0.25) is 0 Å². The molecular weight excluding hydrogens is 319 g/mol. The monoisotopic (exact) mass is 326 g/mol. The number of carbonyl (C=O) groups excluding carboxylic acids is 1. The van der Waals surface area contributed by atoms with Crippen LogP contribution in [0.5, 0.6) is 5.75 Å². The number of para-hydroxylation sites is 1. The molecule has 1 aromatic carbocycles. The Morgan fingerprint density at radius 3 is 2.52 bits per heavy atom. The molecule has 6 nitrogen and oxygen atoms in total. The summed E-state index contributed by atoms with van der Waals surface area (Å²) >= 11 is 11.5. The fourth-order valence-electron chi connectivity index (χ4n) is 1.58. The van der Waals surface area contributed by atoms with E-state index in [9.17, 15) is 14.7 Å². The van der Waals surface area contributed by atoms with Crippen molar-refractivity contribution < 1.29 is 19.8 Å². The number of aromatic carboxylic acids is 1. The molecule has 0 saturated heterocycles. The van der Waals surface area contributed by atoms with E-state index in [2.05, 4.69) is 10.3 Å². The Kier molecular flexibility index (Phi) is 4.30. The van der Waals surface area contributed by atoms with Crippen molar-refractivity contribution in [2.24, 2.45) is 0 Å². The van der Waals surface area contributed by atoms with Gasteiger partial charge in [0, 0.05) is 0 Å². The molecule has 1 amide bonds. The van der Waals surface area contributed by atoms with Gasteiger partial charge in [-0.25, -0.2) is 9.78 Å². The Morgan fingerprint density at radius 2 is 1.86 bits per heavy atom. The molecule has 8 heteroatoms. The quantitative estimate of drug-likeness (QED) is 0.594. The minimum absolute atomic E-state index is 0.0715. The second-order valence-corrected chi connectivity index (χ2v) is 4.72. The van der Waals surface area contributed by atoms with Crippen LogP contribution < -0.4 is 5.32 Å². The molecule has 0 aliphatic carbocycles. The maximum Gasteiger partial charge on any atom is 0.339 e. The van der Waals surface area contributed by atoms with Gasteiger partial charge in [-0.2, -0.15) is 0 Å². The van der Waals surface area contributed by atoms with Crippen LogP contribution in [-0.2, 0) is 0 Å². The van der Waals surface area contributed by atoms with Crippen molar-refractivity contribution in [1.29, 1.82) is 0 Å². The van der Waals surface area contributed by atoms with Gasteiger partial charge in [0.25, 0.3) is 5.91 Å². The molecule has 0 atom stereocenters. The first-order chi connectivity index (χ1) is 9.90. The lowest BCUT2D eigenvalue weighted by Crippen LogP contribution is -2.15. The largest absolute Gasteiger partial charge is 0.505 e. The number of nitrogens with zero attached hydrogens (tertiary/aromatic N) is 1. The van der Waals surface area contributed by atoms with E-state index in [1.54, 1.807) is 0 Å². The predicted molar refractivity (Wildman–Crippen MR) is 77.3 cm³/mol. The SMILES string of the molecule is O=C(O)c1cccc(NC(=O)c2nc(Cl)ccc2Cl)c1O. The summed E-state index contributed by atoms with van der Waals surface area (Å²) in [6, 6.07) is 6.75. The molecule has 3 N–H and O–H groups in total. The van der Waals surface area contributed by atoms with Crippen LogP contribution in [-0.4, -0.2) is 27.1 Å². The van der Waals surface area contributed by atoms with Gasteiger partial charge in [-0.15, -0.1) is 0 Å². The first kappa shape index (κ1) is 15.1. The first-order valence-corrected chi connectivity index (χ1v) is 6.34. The van der Waals surface area contributed by atoms with Gasteiger partial charge in [0.05, 0.1) is 10.7 Å². The summed E-state index contributed by atoms with van der Waals surface area (Å²) < 4.78 is 0. The van der Waals surface area contributed by atoms with Crippen LogP contribution in [0.3, 0.4) is 0 Å². The average molecular weight is 327 g/mol. The molecule has 0 radical (unpaired) electrons.